The van der Waals surface area contributed by atoms with Crippen LogP contribution in [0.15, 0.2) is 65.6 Å². The Hall–Kier alpha value is -3.25. The van der Waals surface area contributed by atoms with Gasteiger partial charge < -0.3 is 9.64 Å². The van der Waals surface area contributed by atoms with Crippen molar-refractivity contribution in [3.8, 4) is 5.75 Å². The first-order chi connectivity index (χ1) is 15.5. The van der Waals surface area contributed by atoms with Crippen molar-refractivity contribution in [2.45, 2.75) is 20.4 Å². The first-order valence-electron chi connectivity index (χ1n) is 10.7. The van der Waals surface area contributed by atoms with Crippen molar-refractivity contribution in [1.29, 1.82) is 0 Å². The molecule has 2 amide bonds. The average molecular weight is 447 g/mol. The van der Waals surface area contributed by atoms with Gasteiger partial charge in [-0.15, -0.1) is 0 Å². The SMILES string of the molecule is CCN(CC)c1ccc(/C=C2\SC(=O)N(Cc3cccc4ccccc34)C2=O)c(OC)c1. The molecule has 0 N–H and O–H groups in total. The molecule has 164 valence electrons. The second kappa shape index (κ2) is 9.49. The lowest BCUT2D eigenvalue weighted by Gasteiger charge is -2.22. The van der Waals surface area contributed by atoms with Gasteiger partial charge in [0.05, 0.1) is 18.6 Å². The standard InChI is InChI=1S/C26H26N2O3S/c1-4-27(5-2)21-14-13-19(23(16-21)31-3)15-24-25(29)28(26(30)32-24)17-20-11-8-10-18-9-6-7-12-22(18)20/h6-16H,4-5,17H2,1-3H3/b24-15-. The summed E-state index contributed by atoms with van der Waals surface area (Å²) in [5, 5.41) is 1.88. The maximum absolute atomic E-state index is 13.1. The lowest BCUT2D eigenvalue weighted by molar-refractivity contribution is -0.123. The van der Waals surface area contributed by atoms with E-state index in [0.29, 0.717) is 10.7 Å². The van der Waals surface area contributed by atoms with Crippen LogP contribution in [-0.2, 0) is 11.3 Å². The van der Waals surface area contributed by atoms with Crippen LogP contribution in [0.2, 0.25) is 0 Å². The minimum Gasteiger partial charge on any atom is -0.496 e. The first-order valence-corrected chi connectivity index (χ1v) is 11.5. The highest BCUT2D eigenvalue weighted by Crippen LogP contribution is 2.36. The van der Waals surface area contributed by atoms with Crippen LogP contribution in [0.5, 0.6) is 5.75 Å². The van der Waals surface area contributed by atoms with Crippen LogP contribution in [0, 0.1) is 0 Å². The molecule has 3 aromatic carbocycles. The second-order valence-corrected chi connectivity index (χ2v) is 8.50. The Labute approximate surface area is 192 Å². The Bertz CT molecular complexity index is 1200. The van der Waals surface area contributed by atoms with Crippen LogP contribution < -0.4 is 9.64 Å². The molecule has 1 fully saturated rings. The molecule has 1 aliphatic rings. The molecule has 3 aromatic rings. The van der Waals surface area contributed by atoms with Gasteiger partial charge in [-0.3, -0.25) is 14.5 Å². The molecular weight excluding hydrogens is 420 g/mol. The molecule has 0 saturated carbocycles. The fourth-order valence-corrected chi connectivity index (χ4v) is 4.81. The zero-order chi connectivity index (χ0) is 22.7. The van der Waals surface area contributed by atoms with Crippen molar-refractivity contribution in [2.24, 2.45) is 0 Å². The van der Waals surface area contributed by atoms with Gasteiger partial charge in [0, 0.05) is 30.4 Å². The molecule has 1 aliphatic heterocycles. The molecule has 32 heavy (non-hydrogen) atoms. The van der Waals surface area contributed by atoms with Crippen LogP contribution in [-0.4, -0.2) is 36.2 Å². The van der Waals surface area contributed by atoms with Crippen molar-refractivity contribution in [3.63, 3.8) is 0 Å². The summed E-state index contributed by atoms with van der Waals surface area (Å²) in [5.74, 6) is 0.401. The van der Waals surface area contributed by atoms with E-state index in [1.165, 1.54) is 4.90 Å². The summed E-state index contributed by atoms with van der Waals surface area (Å²) >= 11 is 0.973. The molecule has 0 atom stereocenters. The molecule has 0 aromatic heterocycles. The molecule has 6 heteroatoms. The predicted molar refractivity (Wildman–Crippen MR) is 132 cm³/mol. The fourth-order valence-electron chi connectivity index (χ4n) is 3.98. The van der Waals surface area contributed by atoms with Crippen LogP contribution >= 0.6 is 11.8 Å². The lowest BCUT2D eigenvalue weighted by atomic mass is 10.0. The molecule has 0 unspecified atom stereocenters. The first kappa shape index (κ1) is 22.0. The highest BCUT2D eigenvalue weighted by Gasteiger charge is 2.35. The van der Waals surface area contributed by atoms with Crippen LogP contribution in [0.25, 0.3) is 16.8 Å². The van der Waals surface area contributed by atoms with E-state index in [1.54, 1.807) is 13.2 Å². The number of nitrogens with zero attached hydrogens (tertiary/aromatic N) is 2. The van der Waals surface area contributed by atoms with E-state index in [4.69, 9.17) is 4.74 Å². The van der Waals surface area contributed by atoms with Gasteiger partial charge in [0.15, 0.2) is 0 Å². The summed E-state index contributed by atoms with van der Waals surface area (Å²) in [5.41, 5.74) is 2.79. The van der Waals surface area contributed by atoms with E-state index in [0.717, 1.165) is 52.4 Å². The molecule has 0 radical (unpaired) electrons. The summed E-state index contributed by atoms with van der Waals surface area (Å²) in [6, 6.07) is 19.9. The van der Waals surface area contributed by atoms with Crippen LogP contribution in [0.1, 0.15) is 25.0 Å². The fraction of sp³-hybridized carbons (Fsp3) is 0.231. The van der Waals surface area contributed by atoms with E-state index in [-0.39, 0.29) is 17.7 Å². The largest absolute Gasteiger partial charge is 0.496 e. The summed E-state index contributed by atoms with van der Waals surface area (Å²) < 4.78 is 5.58. The molecule has 0 bridgehead atoms. The highest BCUT2D eigenvalue weighted by molar-refractivity contribution is 8.18. The van der Waals surface area contributed by atoms with Crippen molar-refractivity contribution in [3.05, 3.63) is 76.7 Å². The van der Waals surface area contributed by atoms with E-state index in [9.17, 15) is 9.59 Å². The number of ether oxygens (including phenoxy) is 1. The normalized spacial score (nSPS) is 15.1. The van der Waals surface area contributed by atoms with E-state index in [1.807, 2.05) is 60.7 Å². The third-order valence-corrected chi connectivity index (χ3v) is 6.62. The maximum Gasteiger partial charge on any atom is 0.293 e. The van der Waals surface area contributed by atoms with E-state index < -0.39 is 0 Å². The number of thioether (sulfide) groups is 1. The smallest absolute Gasteiger partial charge is 0.293 e. The minimum atomic E-state index is -0.275. The van der Waals surface area contributed by atoms with Gasteiger partial charge in [-0.05, 0) is 60.2 Å². The summed E-state index contributed by atoms with van der Waals surface area (Å²) in [4.78, 5) is 29.7. The van der Waals surface area contributed by atoms with Crippen molar-refractivity contribution in [2.75, 3.05) is 25.1 Å². The number of rotatable bonds is 7. The monoisotopic (exact) mass is 446 g/mol. The summed E-state index contributed by atoms with van der Waals surface area (Å²) in [6.45, 7) is 6.26. The zero-order valence-electron chi connectivity index (χ0n) is 18.5. The number of fused-ring (bicyclic) bond motifs is 1. The molecule has 4 rings (SSSR count). The highest BCUT2D eigenvalue weighted by atomic mass is 32.2. The van der Waals surface area contributed by atoms with Gasteiger partial charge in [0.2, 0.25) is 0 Å². The van der Waals surface area contributed by atoms with Gasteiger partial charge >= 0.3 is 0 Å². The minimum absolute atomic E-state index is 0.251. The van der Waals surface area contributed by atoms with Crippen molar-refractivity contribution >= 4 is 45.4 Å². The third-order valence-electron chi connectivity index (χ3n) is 5.71. The molecule has 0 spiro atoms. The molecule has 1 saturated heterocycles. The quantitative estimate of drug-likeness (QED) is 0.421. The third kappa shape index (κ3) is 4.23. The number of carbonyl (C=O) groups excluding carboxylic acids is 2. The van der Waals surface area contributed by atoms with Crippen molar-refractivity contribution in [1.82, 2.24) is 4.90 Å². The molecule has 5 nitrogen and oxygen atoms in total. The number of hydrogen-bond donors (Lipinski definition) is 0. The molecule has 0 aliphatic carbocycles. The Morgan fingerprint density at radius 2 is 1.75 bits per heavy atom. The lowest BCUT2D eigenvalue weighted by Crippen LogP contribution is -2.27. The Balaban J connectivity index is 1.61. The molecular formula is C26H26N2O3S. The summed E-state index contributed by atoms with van der Waals surface area (Å²) in [7, 11) is 1.62. The number of amides is 2. The Morgan fingerprint density at radius 3 is 2.50 bits per heavy atom. The number of imide groups is 1. The number of anilines is 1. The topological polar surface area (TPSA) is 49.9 Å². The van der Waals surface area contributed by atoms with Crippen LogP contribution in [0.4, 0.5) is 10.5 Å². The predicted octanol–water partition coefficient (Wildman–Crippen LogP) is 5.93. The van der Waals surface area contributed by atoms with Gasteiger partial charge in [-0.25, -0.2) is 0 Å². The van der Waals surface area contributed by atoms with E-state index in [2.05, 4.69) is 18.7 Å². The Morgan fingerprint density at radius 1 is 1.00 bits per heavy atom. The molecule has 1 heterocycles. The summed E-state index contributed by atoms with van der Waals surface area (Å²) in [6.07, 6.45) is 1.75. The van der Waals surface area contributed by atoms with Gasteiger partial charge in [-0.2, -0.15) is 0 Å². The van der Waals surface area contributed by atoms with Gasteiger partial charge in [0.1, 0.15) is 5.75 Å². The number of carbonyl (C=O) groups is 2. The number of hydrogen-bond acceptors (Lipinski definition) is 5. The van der Waals surface area contributed by atoms with E-state index >= 15 is 0 Å². The number of methoxy groups -OCH3 is 1. The average Bonchev–Trinajstić information content (AvgIpc) is 3.08. The number of benzene rings is 3. The maximum atomic E-state index is 13.1. The second-order valence-electron chi connectivity index (χ2n) is 7.50. The zero-order valence-corrected chi connectivity index (χ0v) is 19.3. The van der Waals surface area contributed by atoms with Gasteiger partial charge in [-0.1, -0.05) is 42.5 Å². The Kier molecular flexibility index (Phi) is 6.51. The van der Waals surface area contributed by atoms with Crippen molar-refractivity contribution < 1.29 is 14.3 Å². The van der Waals surface area contributed by atoms with Gasteiger partial charge in [0.25, 0.3) is 11.1 Å². The van der Waals surface area contributed by atoms with Crippen LogP contribution in [0.3, 0.4) is 0 Å².